The summed E-state index contributed by atoms with van der Waals surface area (Å²) in [7, 11) is -10.3. The molecule has 0 bridgehead atoms. The summed E-state index contributed by atoms with van der Waals surface area (Å²) >= 11 is 0. The van der Waals surface area contributed by atoms with E-state index < -0.39 is 63.7 Å². The lowest BCUT2D eigenvalue weighted by Crippen LogP contribution is -2.38. The maximum Gasteiger partial charge on any atom is 0.387 e. The van der Waals surface area contributed by atoms with E-state index in [4.69, 9.17) is 22.4 Å². The standard InChI is InChI=1S/C47H61N2O9PS2/c1-13-34-27-54-44(48(34)60(50,51)36-19-15-30(5)16-20-36)40-25-32(46(7,8)9)23-38-39-24-33(47(10,11)12)26-41(43(39)58-59(56-29(3)4)57-42(38)40)45-49(35(14-2)28-55-45)61(52,53)37-21-17-31(6)18-22-37/h15-26,29,34-35,44-45H,13-14,27-28H2,1-12H3/t34-,35-,44?,45?,59?/m0/s1. The van der Waals surface area contributed by atoms with Crippen LogP contribution in [0.1, 0.15) is 128 Å². The topological polar surface area (TPSA) is 129 Å². The molecule has 0 amide bonds. The summed E-state index contributed by atoms with van der Waals surface area (Å²) in [6.07, 6.45) is -1.37. The van der Waals surface area contributed by atoms with E-state index in [2.05, 4.69) is 53.7 Å². The molecular formula is C47H61N2O9PS2. The molecule has 0 aliphatic carbocycles. The third-order valence-electron chi connectivity index (χ3n) is 11.6. The van der Waals surface area contributed by atoms with Crippen molar-refractivity contribution in [2.24, 2.45) is 0 Å². The number of nitrogens with zero attached hydrogens (tertiary/aromatic N) is 2. The number of aryl methyl sites for hydroxylation is 2. The molecule has 61 heavy (non-hydrogen) atoms. The molecule has 0 radical (unpaired) electrons. The Morgan fingerprint density at radius 2 is 1.00 bits per heavy atom. The van der Waals surface area contributed by atoms with Crippen molar-refractivity contribution in [2.45, 2.75) is 147 Å². The minimum Gasteiger partial charge on any atom is -0.398 e. The van der Waals surface area contributed by atoms with Gasteiger partial charge >= 0.3 is 8.24 Å². The highest BCUT2D eigenvalue weighted by molar-refractivity contribution is 7.89. The van der Waals surface area contributed by atoms with Crippen LogP contribution in [0, 0.1) is 13.8 Å². The number of sulfonamides is 2. The lowest BCUT2D eigenvalue weighted by Gasteiger charge is -2.29. The number of hydrogen-bond donors (Lipinski definition) is 0. The summed E-state index contributed by atoms with van der Waals surface area (Å²) in [6, 6.07) is 21.0. The molecule has 11 nitrogen and oxygen atoms in total. The van der Waals surface area contributed by atoms with Gasteiger partial charge in [0.05, 0.1) is 41.2 Å². The molecule has 2 unspecified atom stereocenters. The summed E-state index contributed by atoms with van der Waals surface area (Å²) in [5.74, 6) is 0. The van der Waals surface area contributed by atoms with Gasteiger partial charge in [-0.05, 0) is 111 Å². The Morgan fingerprint density at radius 3 is 1.31 bits per heavy atom. The SMILES string of the molecule is CC[C@H]1COC(c2cc(C(C)(C)C)cc3c2op(OC(C)C)oc2c(C4OC[C@H](CC)N4S(=O)(=O)c4ccc(C)cc4)cc(C(C)(C)C)cc23)N1S(=O)(=O)c1ccc(C)cc1. The van der Waals surface area contributed by atoms with E-state index in [1.165, 1.54) is 8.61 Å². The van der Waals surface area contributed by atoms with E-state index in [9.17, 15) is 16.8 Å². The van der Waals surface area contributed by atoms with Gasteiger partial charge < -0.3 is 17.9 Å². The Bertz CT molecular complexity index is 2500. The van der Waals surface area contributed by atoms with E-state index in [1.807, 2.05) is 53.7 Å². The molecule has 0 spiro atoms. The molecule has 4 aromatic carbocycles. The highest BCUT2D eigenvalue weighted by atomic mass is 32.2. The van der Waals surface area contributed by atoms with Crippen LogP contribution >= 0.6 is 8.24 Å². The van der Waals surface area contributed by atoms with Crippen LogP contribution in [0.3, 0.4) is 0 Å². The van der Waals surface area contributed by atoms with Crippen molar-refractivity contribution in [3.8, 4) is 0 Å². The molecule has 0 saturated carbocycles. The van der Waals surface area contributed by atoms with Crippen molar-refractivity contribution in [2.75, 3.05) is 13.2 Å². The fourth-order valence-electron chi connectivity index (χ4n) is 7.96. The zero-order valence-corrected chi connectivity index (χ0v) is 40.0. The molecule has 5 aromatic rings. The number of fused-ring (bicyclic) bond motifs is 3. The Kier molecular flexibility index (Phi) is 12.6. The maximum absolute atomic E-state index is 14.7. The normalized spacial score (nSPS) is 21.3. The van der Waals surface area contributed by atoms with Gasteiger partial charge in [-0.3, -0.25) is 4.52 Å². The molecule has 2 aliphatic rings. The van der Waals surface area contributed by atoms with Crippen LogP contribution < -0.4 is 4.52 Å². The molecule has 2 saturated heterocycles. The van der Waals surface area contributed by atoms with Crippen molar-refractivity contribution < 1.29 is 39.2 Å². The second-order valence-electron chi connectivity index (χ2n) is 18.7. The van der Waals surface area contributed by atoms with Crippen molar-refractivity contribution in [3.63, 3.8) is 0 Å². The van der Waals surface area contributed by atoms with Crippen molar-refractivity contribution in [1.29, 1.82) is 0 Å². The van der Waals surface area contributed by atoms with Crippen LogP contribution in [-0.4, -0.2) is 56.8 Å². The quantitative estimate of drug-likeness (QED) is 0.135. The number of rotatable bonds is 10. The molecule has 2 aliphatic heterocycles. The second-order valence-corrected chi connectivity index (χ2v) is 23.4. The fourth-order valence-corrected chi connectivity index (χ4v) is 12.6. The third kappa shape index (κ3) is 8.74. The summed E-state index contributed by atoms with van der Waals surface area (Å²) in [5, 5.41) is 1.30. The zero-order valence-electron chi connectivity index (χ0n) is 37.5. The van der Waals surface area contributed by atoms with Crippen LogP contribution in [0.2, 0.25) is 0 Å². The molecular weight excluding hydrogens is 832 g/mol. The maximum atomic E-state index is 14.7. The van der Waals surface area contributed by atoms with Crippen LogP contribution in [0.5, 0.6) is 0 Å². The molecule has 1 aromatic heterocycles. The summed E-state index contributed by atoms with van der Waals surface area (Å²) in [6.45, 7) is 24.6. The minimum absolute atomic E-state index is 0.177. The predicted octanol–water partition coefficient (Wildman–Crippen LogP) is 11.3. The van der Waals surface area contributed by atoms with Gasteiger partial charge in [0.2, 0.25) is 20.0 Å². The van der Waals surface area contributed by atoms with Gasteiger partial charge in [-0.15, -0.1) is 0 Å². The number of ether oxygens (including phenoxy) is 2. The second kappa shape index (κ2) is 16.9. The van der Waals surface area contributed by atoms with Crippen LogP contribution in [0.15, 0.2) is 91.0 Å². The van der Waals surface area contributed by atoms with Crippen LogP contribution in [0.25, 0.3) is 21.9 Å². The monoisotopic (exact) mass is 892 g/mol. The molecule has 14 heteroatoms. The Labute approximate surface area is 363 Å². The smallest absolute Gasteiger partial charge is 0.387 e. The molecule has 3 heterocycles. The Balaban J connectivity index is 1.59. The van der Waals surface area contributed by atoms with E-state index in [1.54, 1.807) is 48.5 Å². The van der Waals surface area contributed by atoms with Crippen molar-refractivity contribution >= 4 is 50.2 Å². The highest BCUT2D eigenvalue weighted by Gasteiger charge is 2.47. The van der Waals surface area contributed by atoms with Gasteiger partial charge in [0.25, 0.3) is 0 Å². The predicted molar refractivity (Wildman–Crippen MR) is 241 cm³/mol. The first-order chi connectivity index (χ1) is 28.6. The largest absolute Gasteiger partial charge is 0.398 e. The van der Waals surface area contributed by atoms with Crippen molar-refractivity contribution in [1.82, 2.24) is 8.61 Å². The lowest BCUT2D eigenvalue weighted by atomic mass is 9.83. The Morgan fingerprint density at radius 1 is 0.639 bits per heavy atom. The van der Waals surface area contributed by atoms with E-state index in [-0.39, 0.29) is 29.1 Å². The molecule has 2 fully saturated rings. The highest BCUT2D eigenvalue weighted by Crippen LogP contribution is 2.48. The first kappa shape index (κ1) is 45.5. The molecule has 7 rings (SSSR count). The Hall–Kier alpha value is -3.52. The van der Waals surface area contributed by atoms with E-state index in [0.717, 1.165) is 22.3 Å². The van der Waals surface area contributed by atoms with Gasteiger partial charge in [-0.25, -0.2) is 16.8 Å². The first-order valence-electron chi connectivity index (χ1n) is 21.2. The number of hydrogen-bond acceptors (Lipinski definition) is 9. The van der Waals surface area contributed by atoms with Gasteiger partial charge in [0.1, 0.15) is 0 Å². The first-order valence-corrected chi connectivity index (χ1v) is 25.2. The minimum atomic E-state index is -4.07. The molecule has 4 atom stereocenters. The summed E-state index contributed by atoms with van der Waals surface area (Å²) < 4.78 is 95.4. The molecule has 330 valence electrons. The number of benzene rings is 4. The zero-order chi connectivity index (χ0) is 44.4. The third-order valence-corrected chi connectivity index (χ3v) is 16.7. The van der Waals surface area contributed by atoms with Gasteiger partial charge in [-0.2, -0.15) is 8.61 Å². The molecule has 0 N–H and O–H groups in total. The van der Waals surface area contributed by atoms with E-state index in [0.29, 0.717) is 45.9 Å². The van der Waals surface area contributed by atoms with E-state index >= 15 is 0 Å². The summed E-state index contributed by atoms with van der Waals surface area (Å²) in [5.41, 5.74) is 4.72. The van der Waals surface area contributed by atoms with Gasteiger partial charge in [0, 0.05) is 21.9 Å². The van der Waals surface area contributed by atoms with Gasteiger partial charge in [-0.1, -0.05) is 90.8 Å². The fraction of sp³-hybridized carbons (Fsp3) is 0.489. The van der Waals surface area contributed by atoms with Crippen LogP contribution in [0.4, 0.5) is 0 Å². The van der Waals surface area contributed by atoms with Crippen molar-refractivity contribution in [3.05, 3.63) is 106 Å². The lowest BCUT2D eigenvalue weighted by molar-refractivity contribution is 0.0683. The summed E-state index contributed by atoms with van der Waals surface area (Å²) in [4.78, 5) is 0.355. The van der Waals surface area contributed by atoms with Gasteiger partial charge in [0.15, 0.2) is 23.6 Å². The average Bonchev–Trinajstić information content (AvgIpc) is 3.79. The van der Waals surface area contributed by atoms with Crippen LogP contribution in [-0.2, 0) is 40.4 Å². The average molecular weight is 893 g/mol.